The van der Waals surface area contributed by atoms with Gasteiger partial charge in [-0.1, -0.05) is 35.9 Å². The Balaban J connectivity index is 1.07. The predicted octanol–water partition coefficient (Wildman–Crippen LogP) is 6.64. The van der Waals surface area contributed by atoms with Crippen molar-refractivity contribution in [1.82, 2.24) is 14.5 Å². The molecule has 0 N–H and O–H groups in total. The summed E-state index contributed by atoms with van der Waals surface area (Å²) in [5.41, 5.74) is 3.67. The molecule has 3 aliphatic rings. The Hall–Kier alpha value is -3.13. The van der Waals surface area contributed by atoms with Crippen LogP contribution in [0.5, 0.6) is 11.5 Å². The third-order valence-electron chi connectivity index (χ3n) is 8.34. The Morgan fingerprint density at radius 1 is 1.03 bits per heavy atom. The summed E-state index contributed by atoms with van der Waals surface area (Å²) in [6.07, 6.45) is 3.38. The van der Waals surface area contributed by atoms with Gasteiger partial charge in [-0.3, -0.25) is 4.90 Å². The van der Waals surface area contributed by atoms with Crippen molar-refractivity contribution >= 4 is 22.6 Å². The van der Waals surface area contributed by atoms with Gasteiger partial charge in [-0.15, -0.1) is 0 Å². The molecule has 0 amide bonds. The molecule has 4 aromatic rings. The number of halogens is 2. The zero-order valence-electron chi connectivity index (χ0n) is 21.9. The summed E-state index contributed by atoms with van der Waals surface area (Å²) in [6, 6.07) is 19.0. The second kappa shape index (κ2) is 9.81. The van der Waals surface area contributed by atoms with E-state index in [0.717, 1.165) is 74.7 Å². The van der Waals surface area contributed by atoms with Crippen LogP contribution in [0.4, 0.5) is 4.39 Å². The molecule has 0 unspecified atom stereocenters. The van der Waals surface area contributed by atoms with Gasteiger partial charge in [-0.05, 0) is 74.7 Å². The first-order chi connectivity index (χ1) is 19.0. The smallest absolute Gasteiger partial charge is 0.278 e. The lowest BCUT2D eigenvalue weighted by atomic mass is 9.88. The van der Waals surface area contributed by atoms with Crippen molar-refractivity contribution in [3.63, 3.8) is 0 Å². The topological polar surface area (TPSA) is 48.8 Å². The molecule has 8 heteroatoms. The highest BCUT2D eigenvalue weighted by molar-refractivity contribution is 6.30. The predicted molar refractivity (Wildman–Crippen MR) is 148 cm³/mol. The fourth-order valence-electron chi connectivity index (χ4n) is 6.12. The number of hydrogen-bond acceptors (Lipinski definition) is 5. The first-order valence-electron chi connectivity index (χ1n) is 13.7. The molecule has 6 nitrogen and oxygen atoms in total. The SMILES string of the molecule is C[C@]1(c2ccc(Cl)cc2F)Oc2cccc(C3CCN(Cc4nc5ccccc5n4C[C@@H]4CCO4)CC3)c2O1. The minimum absolute atomic E-state index is 0.279. The normalized spacial score (nSPS) is 23.3. The standard InChI is InChI=1S/C31H31ClFN3O3/c1-31(24-10-9-21(32)17-25(24)33)38-28-8-4-5-23(30(28)39-31)20-11-14-35(15-12-20)19-29-34-26-6-2-3-7-27(26)36(29)18-22-13-16-37-22/h2-10,17,20,22H,11-16,18-19H2,1H3/t22-,31-/m0/s1. The van der Waals surface area contributed by atoms with E-state index in [0.29, 0.717) is 22.3 Å². The Bertz CT molecular complexity index is 1530. The van der Waals surface area contributed by atoms with Gasteiger partial charge in [0.15, 0.2) is 11.5 Å². The van der Waals surface area contributed by atoms with E-state index < -0.39 is 11.6 Å². The zero-order valence-corrected chi connectivity index (χ0v) is 22.7. The number of ether oxygens (including phenoxy) is 3. The summed E-state index contributed by atoms with van der Waals surface area (Å²) in [5, 5.41) is 0.342. The van der Waals surface area contributed by atoms with E-state index in [1.54, 1.807) is 19.1 Å². The maximum Gasteiger partial charge on any atom is 0.278 e. The number of likely N-dealkylation sites (tertiary alicyclic amines) is 1. The molecule has 3 aromatic carbocycles. The molecule has 0 spiro atoms. The molecule has 202 valence electrons. The largest absolute Gasteiger partial charge is 0.444 e. The van der Waals surface area contributed by atoms with Crippen molar-refractivity contribution in [2.24, 2.45) is 0 Å². The van der Waals surface area contributed by atoms with Gasteiger partial charge in [0.2, 0.25) is 0 Å². The lowest BCUT2D eigenvalue weighted by Gasteiger charge is -2.33. The van der Waals surface area contributed by atoms with Crippen LogP contribution in [-0.4, -0.2) is 40.3 Å². The molecule has 0 bridgehead atoms. The van der Waals surface area contributed by atoms with Gasteiger partial charge in [0, 0.05) is 24.1 Å². The van der Waals surface area contributed by atoms with Gasteiger partial charge in [0.05, 0.1) is 35.8 Å². The van der Waals surface area contributed by atoms with E-state index >= 15 is 0 Å². The van der Waals surface area contributed by atoms with Crippen LogP contribution >= 0.6 is 11.6 Å². The molecule has 0 radical (unpaired) electrons. The fourth-order valence-corrected chi connectivity index (χ4v) is 6.28. The van der Waals surface area contributed by atoms with Gasteiger partial charge in [-0.25, -0.2) is 9.37 Å². The zero-order chi connectivity index (χ0) is 26.6. The third kappa shape index (κ3) is 4.56. The van der Waals surface area contributed by atoms with Crippen LogP contribution in [0.1, 0.15) is 49.1 Å². The van der Waals surface area contributed by atoms with Crippen LogP contribution in [0.25, 0.3) is 11.0 Å². The van der Waals surface area contributed by atoms with Crippen molar-refractivity contribution in [3.05, 3.63) is 88.5 Å². The van der Waals surface area contributed by atoms with Crippen LogP contribution in [0.2, 0.25) is 5.02 Å². The van der Waals surface area contributed by atoms with E-state index in [2.05, 4.69) is 33.7 Å². The highest BCUT2D eigenvalue weighted by Crippen LogP contribution is 2.49. The number of benzene rings is 3. The number of hydrogen-bond donors (Lipinski definition) is 0. The Morgan fingerprint density at radius 3 is 2.62 bits per heavy atom. The minimum Gasteiger partial charge on any atom is -0.444 e. The summed E-state index contributed by atoms with van der Waals surface area (Å²) in [4.78, 5) is 7.48. The van der Waals surface area contributed by atoms with E-state index in [-0.39, 0.29) is 6.10 Å². The van der Waals surface area contributed by atoms with E-state index in [1.807, 2.05) is 18.2 Å². The number of fused-ring (bicyclic) bond motifs is 2. The van der Waals surface area contributed by atoms with Crippen LogP contribution in [0, 0.1) is 5.82 Å². The highest BCUT2D eigenvalue weighted by atomic mass is 35.5. The minimum atomic E-state index is -1.24. The number of piperidine rings is 1. The van der Waals surface area contributed by atoms with Gasteiger partial charge >= 0.3 is 0 Å². The Labute approximate surface area is 232 Å². The van der Waals surface area contributed by atoms with Crippen LogP contribution in [0.15, 0.2) is 60.7 Å². The molecule has 3 aliphatic heterocycles. The molecule has 2 saturated heterocycles. The Kier molecular flexibility index (Phi) is 6.26. The Morgan fingerprint density at radius 2 is 1.85 bits per heavy atom. The van der Waals surface area contributed by atoms with Crippen molar-refractivity contribution in [3.8, 4) is 11.5 Å². The van der Waals surface area contributed by atoms with Gasteiger partial charge in [0.1, 0.15) is 11.6 Å². The molecule has 0 aliphatic carbocycles. The second-order valence-corrected chi connectivity index (χ2v) is 11.3. The average molecular weight is 548 g/mol. The molecular weight excluding hydrogens is 517 g/mol. The lowest BCUT2D eigenvalue weighted by molar-refractivity contribution is -0.0712. The maximum absolute atomic E-state index is 14.8. The number of para-hydroxylation sites is 3. The number of nitrogens with zero attached hydrogens (tertiary/aromatic N) is 3. The van der Waals surface area contributed by atoms with Crippen molar-refractivity contribution in [1.29, 1.82) is 0 Å². The molecule has 2 fully saturated rings. The summed E-state index contributed by atoms with van der Waals surface area (Å²) in [7, 11) is 0. The van der Waals surface area contributed by atoms with E-state index in [1.165, 1.54) is 11.6 Å². The summed E-state index contributed by atoms with van der Waals surface area (Å²) in [6.45, 7) is 6.20. The molecular formula is C31H31ClFN3O3. The summed E-state index contributed by atoms with van der Waals surface area (Å²) >= 11 is 5.97. The molecule has 7 rings (SSSR count). The van der Waals surface area contributed by atoms with Crippen LogP contribution in [-0.2, 0) is 23.6 Å². The van der Waals surface area contributed by atoms with Crippen LogP contribution in [0.3, 0.4) is 0 Å². The van der Waals surface area contributed by atoms with Crippen molar-refractivity contribution < 1.29 is 18.6 Å². The first-order valence-corrected chi connectivity index (χ1v) is 14.1. The lowest BCUT2D eigenvalue weighted by Crippen LogP contribution is -2.35. The average Bonchev–Trinajstić information content (AvgIpc) is 3.43. The van der Waals surface area contributed by atoms with E-state index in [4.69, 9.17) is 30.8 Å². The molecule has 0 saturated carbocycles. The van der Waals surface area contributed by atoms with Gasteiger partial charge in [-0.2, -0.15) is 0 Å². The maximum atomic E-state index is 14.8. The quantitative estimate of drug-likeness (QED) is 0.271. The van der Waals surface area contributed by atoms with Gasteiger partial charge < -0.3 is 18.8 Å². The number of imidazole rings is 1. The number of aromatic nitrogens is 2. The fraction of sp³-hybridized carbons (Fsp3) is 0.387. The highest BCUT2D eigenvalue weighted by Gasteiger charge is 2.43. The van der Waals surface area contributed by atoms with E-state index in [9.17, 15) is 4.39 Å². The second-order valence-electron chi connectivity index (χ2n) is 10.9. The first kappa shape index (κ1) is 24.9. The van der Waals surface area contributed by atoms with Crippen molar-refractivity contribution in [2.75, 3.05) is 19.7 Å². The summed E-state index contributed by atoms with van der Waals surface area (Å²) in [5.74, 6) is 1.12. The molecule has 39 heavy (non-hydrogen) atoms. The molecule has 4 heterocycles. The van der Waals surface area contributed by atoms with Crippen molar-refractivity contribution in [2.45, 2.75) is 57.1 Å². The van der Waals surface area contributed by atoms with Crippen LogP contribution < -0.4 is 9.47 Å². The third-order valence-corrected chi connectivity index (χ3v) is 8.57. The monoisotopic (exact) mass is 547 g/mol. The molecule has 2 atom stereocenters. The summed E-state index contributed by atoms with van der Waals surface area (Å²) < 4.78 is 35.4. The molecule has 1 aromatic heterocycles. The number of rotatable bonds is 6. The van der Waals surface area contributed by atoms with Gasteiger partial charge in [0.25, 0.3) is 5.79 Å².